The van der Waals surface area contributed by atoms with E-state index in [0.717, 1.165) is 12.0 Å². The van der Waals surface area contributed by atoms with Crippen LogP contribution < -0.4 is 5.32 Å². The summed E-state index contributed by atoms with van der Waals surface area (Å²) < 4.78 is 5.02. The monoisotopic (exact) mass is 356 g/mol. The van der Waals surface area contributed by atoms with Crippen molar-refractivity contribution >= 4 is 17.2 Å². The third-order valence-electron chi connectivity index (χ3n) is 3.68. The summed E-state index contributed by atoms with van der Waals surface area (Å²) in [5.74, 6) is 1.18. The molecule has 0 unspecified atom stereocenters. The van der Waals surface area contributed by atoms with Crippen LogP contribution >= 0.6 is 11.3 Å². The molecule has 130 valence electrons. The fraction of sp³-hybridized carbons (Fsp3) is 0.278. The van der Waals surface area contributed by atoms with Crippen LogP contribution in [-0.4, -0.2) is 34.2 Å². The minimum atomic E-state index is -0.0781. The highest BCUT2D eigenvalue weighted by Gasteiger charge is 2.12. The predicted octanol–water partition coefficient (Wildman–Crippen LogP) is 3.04. The van der Waals surface area contributed by atoms with Gasteiger partial charge >= 0.3 is 0 Å². The maximum atomic E-state index is 12.4. The number of carbonyl (C=O) groups excluding carboxylic acids is 1. The number of aromatic amines is 1. The molecule has 0 bridgehead atoms. The fourth-order valence-electron chi connectivity index (χ4n) is 2.49. The van der Waals surface area contributed by atoms with Crippen molar-refractivity contribution in [1.29, 1.82) is 0 Å². The second kappa shape index (κ2) is 8.04. The topological polar surface area (TPSA) is 79.9 Å². The van der Waals surface area contributed by atoms with E-state index < -0.39 is 0 Å². The molecule has 0 aliphatic rings. The van der Waals surface area contributed by atoms with E-state index in [1.54, 1.807) is 30.6 Å². The lowest BCUT2D eigenvalue weighted by atomic mass is 10.1. The zero-order valence-corrected chi connectivity index (χ0v) is 15.0. The number of aromatic nitrogens is 3. The van der Waals surface area contributed by atoms with Crippen LogP contribution in [0.2, 0.25) is 0 Å². The van der Waals surface area contributed by atoms with E-state index in [0.29, 0.717) is 23.8 Å². The minimum Gasteiger partial charge on any atom is -0.377 e. The lowest BCUT2D eigenvalue weighted by molar-refractivity contribution is 0.0940. The number of carbonyl (C=O) groups is 1. The van der Waals surface area contributed by atoms with Crippen molar-refractivity contribution in [1.82, 2.24) is 20.5 Å². The molecule has 2 aromatic heterocycles. The Morgan fingerprint density at radius 1 is 1.32 bits per heavy atom. The molecule has 2 heterocycles. The van der Waals surface area contributed by atoms with Gasteiger partial charge in [-0.3, -0.25) is 9.89 Å². The first kappa shape index (κ1) is 17.3. The van der Waals surface area contributed by atoms with Crippen LogP contribution in [0, 0.1) is 0 Å². The summed E-state index contributed by atoms with van der Waals surface area (Å²) in [5.41, 5.74) is 1.47. The maximum absolute atomic E-state index is 12.4. The standard InChI is InChI=1S/C18H20N4O2S/c1-12(10-15-4-3-9-25-15)19-18(23)14-7-5-13(6-8-14)17-20-16(11-24-2)21-22-17/h3-9,12H,10-11H2,1-2H3,(H,19,23)(H,20,21,22)/t12-/m1/s1. The first-order valence-corrected chi connectivity index (χ1v) is 8.87. The van der Waals surface area contributed by atoms with Crippen LogP contribution in [0.25, 0.3) is 11.4 Å². The molecule has 6 nitrogen and oxygen atoms in total. The number of methoxy groups -OCH3 is 1. The molecule has 0 saturated heterocycles. The molecule has 0 spiro atoms. The molecular weight excluding hydrogens is 336 g/mol. The van der Waals surface area contributed by atoms with E-state index >= 15 is 0 Å². The van der Waals surface area contributed by atoms with E-state index in [4.69, 9.17) is 4.74 Å². The largest absolute Gasteiger partial charge is 0.377 e. The van der Waals surface area contributed by atoms with Crippen molar-refractivity contribution < 1.29 is 9.53 Å². The summed E-state index contributed by atoms with van der Waals surface area (Å²) in [4.78, 5) is 18.0. The van der Waals surface area contributed by atoms with Gasteiger partial charge in [0.1, 0.15) is 6.61 Å². The molecule has 25 heavy (non-hydrogen) atoms. The van der Waals surface area contributed by atoms with Gasteiger partial charge in [-0.2, -0.15) is 5.10 Å². The SMILES string of the molecule is COCc1nc(-c2ccc(C(=O)N[C@H](C)Cc3cccs3)cc2)n[nH]1. The number of benzene rings is 1. The Bertz CT molecular complexity index is 812. The second-order valence-electron chi connectivity index (χ2n) is 5.77. The van der Waals surface area contributed by atoms with Crippen molar-refractivity contribution in [2.75, 3.05) is 7.11 Å². The number of nitrogens with one attached hydrogen (secondary N) is 2. The summed E-state index contributed by atoms with van der Waals surface area (Å²) in [5, 5.41) is 12.1. The summed E-state index contributed by atoms with van der Waals surface area (Å²) >= 11 is 1.70. The number of amides is 1. The Hall–Kier alpha value is -2.51. The van der Waals surface area contributed by atoms with Gasteiger partial charge in [-0.15, -0.1) is 11.3 Å². The Labute approximate surface area is 150 Å². The number of ether oxygens (including phenoxy) is 1. The first-order valence-electron chi connectivity index (χ1n) is 7.99. The number of H-pyrrole nitrogens is 1. The Morgan fingerprint density at radius 2 is 2.12 bits per heavy atom. The number of hydrogen-bond donors (Lipinski definition) is 2. The molecule has 0 aliphatic heterocycles. The highest BCUT2D eigenvalue weighted by molar-refractivity contribution is 7.09. The van der Waals surface area contributed by atoms with E-state index in [1.807, 2.05) is 30.5 Å². The van der Waals surface area contributed by atoms with Gasteiger partial charge in [-0.25, -0.2) is 4.98 Å². The highest BCUT2D eigenvalue weighted by atomic mass is 32.1. The Balaban J connectivity index is 1.61. The van der Waals surface area contributed by atoms with Crippen LogP contribution in [0.1, 0.15) is 28.0 Å². The fourth-order valence-corrected chi connectivity index (χ4v) is 3.32. The molecular formula is C18H20N4O2S. The third-order valence-corrected chi connectivity index (χ3v) is 4.58. The van der Waals surface area contributed by atoms with Crippen molar-refractivity contribution in [3.05, 3.63) is 58.0 Å². The van der Waals surface area contributed by atoms with E-state index in [9.17, 15) is 4.79 Å². The van der Waals surface area contributed by atoms with Gasteiger partial charge in [0, 0.05) is 35.6 Å². The third kappa shape index (κ3) is 4.52. The normalized spacial score (nSPS) is 12.1. The number of hydrogen-bond acceptors (Lipinski definition) is 5. The molecule has 0 aliphatic carbocycles. The lowest BCUT2D eigenvalue weighted by Crippen LogP contribution is -2.33. The quantitative estimate of drug-likeness (QED) is 0.682. The molecule has 1 amide bonds. The van der Waals surface area contributed by atoms with Crippen LogP contribution in [-0.2, 0) is 17.8 Å². The van der Waals surface area contributed by atoms with E-state index in [-0.39, 0.29) is 11.9 Å². The van der Waals surface area contributed by atoms with Gasteiger partial charge in [-0.05, 0) is 30.5 Å². The summed E-state index contributed by atoms with van der Waals surface area (Å²) in [7, 11) is 1.61. The predicted molar refractivity (Wildman–Crippen MR) is 97.5 cm³/mol. The molecule has 2 N–H and O–H groups in total. The molecule has 7 heteroatoms. The van der Waals surface area contributed by atoms with E-state index in [2.05, 4.69) is 26.6 Å². The molecule has 0 saturated carbocycles. The zero-order valence-electron chi connectivity index (χ0n) is 14.2. The first-order chi connectivity index (χ1) is 12.2. The maximum Gasteiger partial charge on any atom is 0.251 e. The van der Waals surface area contributed by atoms with Crippen molar-refractivity contribution in [2.45, 2.75) is 26.0 Å². The summed E-state index contributed by atoms with van der Waals surface area (Å²) in [6.07, 6.45) is 0.834. The van der Waals surface area contributed by atoms with Crippen molar-refractivity contribution in [2.24, 2.45) is 0 Å². The molecule has 1 aromatic carbocycles. The van der Waals surface area contributed by atoms with Crippen LogP contribution in [0.3, 0.4) is 0 Å². The molecule has 0 fully saturated rings. The van der Waals surface area contributed by atoms with Crippen LogP contribution in [0.4, 0.5) is 0 Å². The van der Waals surface area contributed by atoms with Gasteiger partial charge in [0.05, 0.1) is 0 Å². The zero-order chi connectivity index (χ0) is 17.6. The lowest BCUT2D eigenvalue weighted by Gasteiger charge is -2.13. The second-order valence-corrected chi connectivity index (χ2v) is 6.81. The molecule has 1 atom stereocenters. The molecule has 3 aromatic rings. The summed E-state index contributed by atoms with van der Waals surface area (Å²) in [6.45, 7) is 2.40. The Morgan fingerprint density at radius 3 is 2.80 bits per heavy atom. The highest BCUT2D eigenvalue weighted by Crippen LogP contribution is 2.16. The number of thiophene rings is 1. The van der Waals surface area contributed by atoms with Gasteiger partial charge < -0.3 is 10.1 Å². The van der Waals surface area contributed by atoms with Crippen molar-refractivity contribution in [3.8, 4) is 11.4 Å². The average molecular weight is 356 g/mol. The number of rotatable bonds is 7. The van der Waals surface area contributed by atoms with Gasteiger partial charge in [0.15, 0.2) is 11.6 Å². The minimum absolute atomic E-state index is 0.0781. The van der Waals surface area contributed by atoms with E-state index in [1.165, 1.54) is 4.88 Å². The van der Waals surface area contributed by atoms with Crippen LogP contribution in [0.15, 0.2) is 41.8 Å². The van der Waals surface area contributed by atoms with Crippen LogP contribution in [0.5, 0.6) is 0 Å². The number of nitrogens with zero attached hydrogens (tertiary/aromatic N) is 2. The summed E-state index contributed by atoms with van der Waals surface area (Å²) in [6, 6.07) is 11.4. The van der Waals surface area contributed by atoms with Crippen molar-refractivity contribution in [3.63, 3.8) is 0 Å². The smallest absolute Gasteiger partial charge is 0.251 e. The average Bonchev–Trinajstić information content (AvgIpc) is 3.27. The molecule has 0 radical (unpaired) electrons. The van der Waals surface area contributed by atoms with Gasteiger partial charge in [0.2, 0.25) is 0 Å². The van der Waals surface area contributed by atoms with Gasteiger partial charge in [0.25, 0.3) is 5.91 Å². The molecule has 3 rings (SSSR count). The Kier molecular flexibility index (Phi) is 5.57. The van der Waals surface area contributed by atoms with Gasteiger partial charge in [-0.1, -0.05) is 18.2 Å².